The topological polar surface area (TPSA) is 53.2 Å². The summed E-state index contributed by atoms with van der Waals surface area (Å²) in [6, 6.07) is 0. The Morgan fingerprint density at radius 1 is 1.28 bits per heavy atom. The Morgan fingerprint density at radius 2 is 2.00 bits per heavy atom. The van der Waals surface area contributed by atoms with Crippen LogP contribution in [0.25, 0.3) is 0 Å². The summed E-state index contributed by atoms with van der Waals surface area (Å²) in [6.07, 6.45) is 3.18. The number of hydrogen-bond donors (Lipinski definition) is 0. The maximum Gasteiger partial charge on any atom is 0.331 e. The molecule has 0 unspecified atom stereocenters. The van der Waals surface area contributed by atoms with Crippen LogP contribution in [0.15, 0.2) is 15.8 Å². The van der Waals surface area contributed by atoms with Crippen molar-refractivity contribution in [3.8, 4) is 0 Å². The van der Waals surface area contributed by atoms with Crippen LogP contribution in [0.3, 0.4) is 0 Å². The van der Waals surface area contributed by atoms with E-state index in [1.807, 2.05) is 36.4 Å². The lowest BCUT2D eigenvalue weighted by atomic mass is 10.4. The summed E-state index contributed by atoms with van der Waals surface area (Å²) in [4.78, 5) is 24.0. The second kappa shape index (κ2) is 7.73. The number of hydrogen-bond acceptors (Lipinski definition) is 3. The van der Waals surface area contributed by atoms with Crippen LogP contribution in [0.5, 0.6) is 0 Å². The molecule has 102 valence electrons. The smallest absolute Gasteiger partial charge is 0.331 e. The predicted octanol–water partition coefficient (Wildman–Crippen LogP) is 1.45. The van der Waals surface area contributed by atoms with Gasteiger partial charge in [-0.25, -0.2) is 4.79 Å². The van der Waals surface area contributed by atoms with Gasteiger partial charge in [-0.05, 0) is 42.4 Å². The van der Waals surface area contributed by atoms with Gasteiger partial charge < -0.3 is 4.74 Å². The zero-order valence-electron chi connectivity index (χ0n) is 10.8. The summed E-state index contributed by atoms with van der Waals surface area (Å²) in [7, 11) is 0. The Morgan fingerprint density at radius 3 is 2.61 bits per heavy atom. The monoisotopic (exact) mass is 366 g/mol. The van der Waals surface area contributed by atoms with Crippen molar-refractivity contribution < 1.29 is 4.74 Å². The molecule has 0 aliphatic carbocycles. The Kier molecular flexibility index (Phi) is 6.62. The number of nitrogens with zero attached hydrogens (tertiary/aromatic N) is 2. The maximum atomic E-state index is 12.1. The van der Waals surface area contributed by atoms with Gasteiger partial charge in [-0.3, -0.25) is 13.9 Å². The predicted molar refractivity (Wildman–Crippen MR) is 79.1 cm³/mol. The molecule has 0 saturated heterocycles. The molecule has 0 bridgehead atoms. The van der Waals surface area contributed by atoms with Crippen molar-refractivity contribution >= 4 is 22.6 Å². The van der Waals surface area contributed by atoms with Crippen LogP contribution < -0.4 is 11.2 Å². The first kappa shape index (κ1) is 15.4. The lowest BCUT2D eigenvalue weighted by molar-refractivity contribution is 0.141. The standard InChI is InChI=1S/C12H19IN2O3/c1-3-6-14-9-10(13)11(16)15(12(14)17)7-5-8-18-4-2/h9H,3-8H2,1-2H3. The first-order valence-corrected chi connectivity index (χ1v) is 7.27. The Labute approximate surface area is 120 Å². The van der Waals surface area contributed by atoms with Crippen LogP contribution in [0, 0.1) is 3.57 Å². The summed E-state index contributed by atoms with van der Waals surface area (Å²) in [5.41, 5.74) is -0.428. The van der Waals surface area contributed by atoms with Crippen molar-refractivity contribution in [3.05, 3.63) is 30.6 Å². The Balaban J connectivity index is 2.94. The molecule has 1 aromatic heterocycles. The fourth-order valence-electron chi connectivity index (χ4n) is 1.69. The van der Waals surface area contributed by atoms with Crippen LogP contribution in [0.1, 0.15) is 26.7 Å². The molecule has 6 heteroatoms. The van der Waals surface area contributed by atoms with E-state index in [1.165, 1.54) is 4.57 Å². The van der Waals surface area contributed by atoms with Gasteiger partial charge in [0.1, 0.15) is 0 Å². The quantitative estimate of drug-likeness (QED) is 0.542. The van der Waals surface area contributed by atoms with E-state index in [9.17, 15) is 9.59 Å². The minimum Gasteiger partial charge on any atom is -0.382 e. The Hall–Kier alpha value is -0.630. The van der Waals surface area contributed by atoms with Gasteiger partial charge >= 0.3 is 5.69 Å². The van der Waals surface area contributed by atoms with Crippen LogP contribution in [0.2, 0.25) is 0 Å². The van der Waals surface area contributed by atoms with Crippen LogP contribution >= 0.6 is 22.6 Å². The highest BCUT2D eigenvalue weighted by Crippen LogP contribution is 1.96. The van der Waals surface area contributed by atoms with Gasteiger partial charge in [0.15, 0.2) is 0 Å². The highest BCUT2D eigenvalue weighted by atomic mass is 127. The second-order valence-electron chi connectivity index (χ2n) is 3.96. The van der Waals surface area contributed by atoms with Crippen molar-refractivity contribution in [2.24, 2.45) is 0 Å². The summed E-state index contributed by atoms with van der Waals surface area (Å²) in [5.74, 6) is 0. The van der Waals surface area contributed by atoms with E-state index in [4.69, 9.17) is 4.74 Å². The van der Waals surface area contributed by atoms with Gasteiger partial charge in [0, 0.05) is 32.5 Å². The third-order valence-corrected chi connectivity index (χ3v) is 3.27. The molecule has 0 aliphatic heterocycles. The molecule has 0 fully saturated rings. The normalized spacial score (nSPS) is 10.8. The first-order valence-electron chi connectivity index (χ1n) is 6.19. The van der Waals surface area contributed by atoms with Crippen LogP contribution in [-0.2, 0) is 17.8 Å². The molecule has 0 N–H and O–H groups in total. The minimum atomic E-state index is -0.223. The molecule has 1 rings (SSSR count). The molecular formula is C12H19IN2O3. The molecule has 0 amide bonds. The van der Waals surface area contributed by atoms with Gasteiger partial charge in [0.05, 0.1) is 3.57 Å². The average Bonchev–Trinajstić information content (AvgIpc) is 2.35. The number of halogens is 1. The largest absolute Gasteiger partial charge is 0.382 e. The fraction of sp³-hybridized carbons (Fsp3) is 0.667. The number of rotatable bonds is 7. The molecule has 18 heavy (non-hydrogen) atoms. The second-order valence-corrected chi connectivity index (χ2v) is 5.12. The minimum absolute atomic E-state index is 0.204. The average molecular weight is 366 g/mol. The highest BCUT2D eigenvalue weighted by molar-refractivity contribution is 14.1. The van der Waals surface area contributed by atoms with Crippen molar-refractivity contribution in [1.82, 2.24) is 9.13 Å². The van der Waals surface area contributed by atoms with Crippen LogP contribution in [0.4, 0.5) is 0 Å². The van der Waals surface area contributed by atoms with E-state index in [-0.39, 0.29) is 11.2 Å². The number of aryl methyl sites for hydroxylation is 1. The van der Waals surface area contributed by atoms with E-state index in [2.05, 4.69) is 0 Å². The van der Waals surface area contributed by atoms with E-state index in [0.29, 0.717) is 36.3 Å². The molecule has 5 nitrogen and oxygen atoms in total. The van der Waals surface area contributed by atoms with Gasteiger partial charge in [-0.15, -0.1) is 0 Å². The molecule has 1 aromatic rings. The van der Waals surface area contributed by atoms with E-state index < -0.39 is 0 Å². The molecular weight excluding hydrogens is 347 g/mol. The molecule has 0 aliphatic rings. The highest BCUT2D eigenvalue weighted by Gasteiger charge is 2.08. The molecule has 1 heterocycles. The lowest BCUT2D eigenvalue weighted by Crippen LogP contribution is -2.41. The SMILES string of the molecule is CCCn1cc(I)c(=O)n(CCCOCC)c1=O. The van der Waals surface area contributed by atoms with E-state index >= 15 is 0 Å². The molecule has 0 atom stereocenters. The van der Waals surface area contributed by atoms with Gasteiger partial charge in [-0.2, -0.15) is 0 Å². The summed E-state index contributed by atoms with van der Waals surface area (Å²) < 4.78 is 8.70. The fourth-order valence-corrected chi connectivity index (χ4v) is 2.31. The van der Waals surface area contributed by atoms with Gasteiger partial charge in [0.2, 0.25) is 0 Å². The number of ether oxygens (including phenoxy) is 1. The summed E-state index contributed by atoms with van der Waals surface area (Å²) in [5, 5.41) is 0. The molecule has 0 aromatic carbocycles. The molecule has 0 saturated carbocycles. The van der Waals surface area contributed by atoms with Crippen molar-refractivity contribution in [1.29, 1.82) is 0 Å². The van der Waals surface area contributed by atoms with Crippen molar-refractivity contribution in [2.75, 3.05) is 13.2 Å². The van der Waals surface area contributed by atoms with Gasteiger partial charge in [0.25, 0.3) is 5.56 Å². The zero-order chi connectivity index (χ0) is 13.5. The van der Waals surface area contributed by atoms with E-state index in [0.717, 1.165) is 6.42 Å². The van der Waals surface area contributed by atoms with Crippen LogP contribution in [-0.4, -0.2) is 22.3 Å². The number of aromatic nitrogens is 2. The lowest BCUT2D eigenvalue weighted by Gasteiger charge is -2.10. The maximum absolute atomic E-state index is 12.1. The summed E-state index contributed by atoms with van der Waals surface area (Å²) >= 11 is 1.98. The van der Waals surface area contributed by atoms with Gasteiger partial charge in [-0.1, -0.05) is 6.92 Å². The van der Waals surface area contributed by atoms with Crippen molar-refractivity contribution in [2.45, 2.75) is 39.8 Å². The molecule has 0 radical (unpaired) electrons. The van der Waals surface area contributed by atoms with Crippen molar-refractivity contribution in [3.63, 3.8) is 0 Å². The van der Waals surface area contributed by atoms with E-state index in [1.54, 1.807) is 10.8 Å². The first-order chi connectivity index (χ1) is 8.61. The molecule has 0 spiro atoms. The Bertz CT molecular complexity index is 493. The third kappa shape index (κ3) is 3.94. The third-order valence-electron chi connectivity index (χ3n) is 2.53. The summed E-state index contributed by atoms with van der Waals surface area (Å²) in [6.45, 7) is 6.21. The zero-order valence-corrected chi connectivity index (χ0v) is 13.0.